The standard InChI is InChI=1S/C27H25N3O7/c1-16-23(26(31)32)24(19-4-3-5-20(13-19)30(34)35)25(27(33)36-2)22(14-28)29(16)11-10-17-6-8-18(9-7-17)12-21-15-37-21/h3-9,13,16,21H,10-12,15H2,1-2H3,(H,31,32). The molecule has 0 bridgehead atoms. The number of allylic oxidation sites excluding steroid dienone is 1. The number of carbonyl (C=O) groups is 2. The van der Waals surface area contributed by atoms with Crippen LogP contribution in [0.4, 0.5) is 5.69 Å². The minimum Gasteiger partial charge on any atom is -0.478 e. The first-order chi connectivity index (χ1) is 17.7. The van der Waals surface area contributed by atoms with Gasteiger partial charge in [0.2, 0.25) is 0 Å². The number of non-ortho nitro benzene ring substituents is 1. The summed E-state index contributed by atoms with van der Waals surface area (Å²) in [6, 6.07) is 14.6. The van der Waals surface area contributed by atoms with Crippen molar-refractivity contribution in [3.05, 3.63) is 92.2 Å². The SMILES string of the molecule is COC(=O)C1=C(C#N)N(CCc2ccc(CC3CO3)cc2)C(C)C(C(=O)O)=C1c1cccc([N+](=O)[O-])c1. The van der Waals surface area contributed by atoms with Gasteiger partial charge in [-0.05, 0) is 30.0 Å². The van der Waals surface area contributed by atoms with Gasteiger partial charge in [0.15, 0.2) is 0 Å². The molecule has 1 fully saturated rings. The van der Waals surface area contributed by atoms with Crippen molar-refractivity contribution < 1.29 is 29.1 Å². The van der Waals surface area contributed by atoms with Crippen molar-refractivity contribution in [1.82, 2.24) is 4.90 Å². The van der Waals surface area contributed by atoms with E-state index < -0.39 is 22.9 Å². The quantitative estimate of drug-likeness (QED) is 0.236. The fourth-order valence-corrected chi connectivity index (χ4v) is 4.58. The molecule has 0 aliphatic carbocycles. The number of nitro benzene ring substituents is 1. The zero-order valence-corrected chi connectivity index (χ0v) is 20.3. The van der Waals surface area contributed by atoms with E-state index in [9.17, 15) is 30.1 Å². The fourth-order valence-electron chi connectivity index (χ4n) is 4.58. The third-order valence-electron chi connectivity index (χ3n) is 6.53. The van der Waals surface area contributed by atoms with Gasteiger partial charge in [0, 0.05) is 30.7 Å². The summed E-state index contributed by atoms with van der Waals surface area (Å²) in [5.74, 6) is -2.20. The van der Waals surface area contributed by atoms with E-state index in [2.05, 4.69) is 6.07 Å². The van der Waals surface area contributed by atoms with Crippen molar-refractivity contribution in [3.8, 4) is 6.07 Å². The molecule has 10 heteroatoms. The average molecular weight is 504 g/mol. The van der Waals surface area contributed by atoms with Crippen LogP contribution < -0.4 is 0 Å². The van der Waals surface area contributed by atoms with E-state index in [4.69, 9.17) is 9.47 Å². The molecular weight excluding hydrogens is 478 g/mol. The lowest BCUT2D eigenvalue weighted by molar-refractivity contribution is -0.384. The maximum absolute atomic E-state index is 12.9. The Morgan fingerprint density at radius 2 is 1.92 bits per heavy atom. The Labute approximate surface area is 213 Å². The second kappa shape index (κ2) is 10.6. The molecule has 2 aromatic carbocycles. The predicted molar refractivity (Wildman–Crippen MR) is 132 cm³/mol. The van der Waals surface area contributed by atoms with Gasteiger partial charge in [-0.25, -0.2) is 9.59 Å². The molecule has 0 aromatic heterocycles. The van der Waals surface area contributed by atoms with E-state index >= 15 is 0 Å². The van der Waals surface area contributed by atoms with E-state index in [-0.39, 0.29) is 46.3 Å². The number of hydrogen-bond acceptors (Lipinski definition) is 8. The number of methoxy groups -OCH3 is 1. The monoisotopic (exact) mass is 503 g/mol. The second-order valence-corrected chi connectivity index (χ2v) is 8.82. The second-order valence-electron chi connectivity index (χ2n) is 8.82. The number of esters is 1. The highest BCUT2D eigenvalue weighted by Gasteiger charge is 2.39. The molecule has 4 rings (SSSR count). The number of ether oxygens (including phenoxy) is 2. The van der Waals surface area contributed by atoms with E-state index in [1.165, 1.54) is 24.3 Å². The molecule has 37 heavy (non-hydrogen) atoms. The molecule has 1 N–H and O–H groups in total. The summed E-state index contributed by atoms with van der Waals surface area (Å²) < 4.78 is 10.2. The van der Waals surface area contributed by atoms with Crippen LogP contribution >= 0.6 is 0 Å². The van der Waals surface area contributed by atoms with Crippen molar-refractivity contribution in [1.29, 1.82) is 5.26 Å². The summed E-state index contributed by atoms with van der Waals surface area (Å²) >= 11 is 0. The Hall–Kier alpha value is -4.49. The van der Waals surface area contributed by atoms with Crippen molar-refractivity contribution >= 4 is 23.2 Å². The fraction of sp³-hybridized carbons (Fsp3) is 0.296. The van der Waals surface area contributed by atoms with Crippen LogP contribution in [0.5, 0.6) is 0 Å². The third kappa shape index (κ3) is 5.37. The van der Waals surface area contributed by atoms with Crippen LogP contribution in [0.3, 0.4) is 0 Å². The Bertz CT molecular complexity index is 1350. The Balaban J connectivity index is 1.74. The van der Waals surface area contributed by atoms with Crippen LogP contribution in [0.2, 0.25) is 0 Å². The van der Waals surface area contributed by atoms with Gasteiger partial charge in [0.25, 0.3) is 5.69 Å². The molecule has 2 aliphatic rings. The summed E-state index contributed by atoms with van der Waals surface area (Å²) in [5, 5.41) is 31.6. The zero-order chi connectivity index (χ0) is 26.7. The van der Waals surface area contributed by atoms with Gasteiger partial charge in [0.1, 0.15) is 17.3 Å². The van der Waals surface area contributed by atoms with Crippen molar-refractivity contribution in [3.63, 3.8) is 0 Å². The molecule has 0 radical (unpaired) electrons. The molecule has 190 valence electrons. The summed E-state index contributed by atoms with van der Waals surface area (Å²) in [6.07, 6.45) is 1.62. The van der Waals surface area contributed by atoms with Crippen molar-refractivity contribution in [2.75, 3.05) is 20.3 Å². The molecule has 1 saturated heterocycles. The Morgan fingerprint density at radius 3 is 2.49 bits per heavy atom. The minimum absolute atomic E-state index is 0.0478. The molecule has 2 unspecified atom stereocenters. The number of nitro groups is 1. The number of carbonyl (C=O) groups excluding carboxylic acids is 1. The maximum Gasteiger partial charge on any atom is 0.341 e. The normalized spacial score (nSPS) is 18.9. The lowest BCUT2D eigenvalue weighted by Gasteiger charge is -2.37. The summed E-state index contributed by atoms with van der Waals surface area (Å²) in [5.41, 5.74) is 1.50. The van der Waals surface area contributed by atoms with Gasteiger partial charge in [0.05, 0.1) is 36.4 Å². The van der Waals surface area contributed by atoms with Gasteiger partial charge < -0.3 is 19.5 Å². The van der Waals surface area contributed by atoms with E-state index in [1.807, 2.05) is 24.3 Å². The topological polar surface area (TPSA) is 146 Å². The molecule has 0 saturated carbocycles. The highest BCUT2D eigenvalue weighted by Crippen LogP contribution is 2.39. The van der Waals surface area contributed by atoms with Crippen LogP contribution in [0, 0.1) is 21.4 Å². The molecular formula is C27H25N3O7. The van der Waals surface area contributed by atoms with E-state index in [0.717, 1.165) is 31.3 Å². The maximum atomic E-state index is 12.9. The van der Waals surface area contributed by atoms with Gasteiger partial charge in [-0.3, -0.25) is 10.1 Å². The highest BCUT2D eigenvalue weighted by atomic mass is 16.6. The van der Waals surface area contributed by atoms with Gasteiger partial charge in [-0.1, -0.05) is 36.4 Å². The molecule has 0 spiro atoms. The highest BCUT2D eigenvalue weighted by molar-refractivity contribution is 6.14. The number of carboxylic acid groups (broad SMARTS) is 1. The number of benzene rings is 2. The van der Waals surface area contributed by atoms with E-state index in [1.54, 1.807) is 11.8 Å². The van der Waals surface area contributed by atoms with Crippen molar-refractivity contribution in [2.45, 2.75) is 31.9 Å². The smallest absolute Gasteiger partial charge is 0.341 e. The summed E-state index contributed by atoms with van der Waals surface area (Å²) in [7, 11) is 1.13. The first kappa shape index (κ1) is 25.6. The molecule has 2 aromatic rings. The molecule has 2 aliphatic heterocycles. The number of rotatable bonds is 9. The minimum atomic E-state index is -1.30. The molecule has 10 nitrogen and oxygen atoms in total. The van der Waals surface area contributed by atoms with Crippen LogP contribution in [0.15, 0.2) is 65.4 Å². The van der Waals surface area contributed by atoms with Gasteiger partial charge >= 0.3 is 11.9 Å². The lowest BCUT2D eigenvalue weighted by atomic mass is 9.84. The number of aliphatic carboxylic acids is 1. The van der Waals surface area contributed by atoms with Crippen LogP contribution in [0.1, 0.15) is 23.6 Å². The van der Waals surface area contributed by atoms with Crippen LogP contribution in [0.25, 0.3) is 5.57 Å². The average Bonchev–Trinajstić information content (AvgIpc) is 3.71. The first-order valence-corrected chi connectivity index (χ1v) is 11.7. The molecule has 2 heterocycles. The number of hydrogen-bond donors (Lipinski definition) is 1. The van der Waals surface area contributed by atoms with Crippen LogP contribution in [-0.2, 0) is 31.9 Å². The predicted octanol–water partition coefficient (Wildman–Crippen LogP) is 3.27. The van der Waals surface area contributed by atoms with Gasteiger partial charge in [-0.2, -0.15) is 5.26 Å². The lowest BCUT2D eigenvalue weighted by Crippen LogP contribution is -2.42. The van der Waals surface area contributed by atoms with Gasteiger partial charge in [-0.15, -0.1) is 0 Å². The first-order valence-electron chi connectivity index (χ1n) is 11.7. The number of nitrogens with zero attached hydrogens (tertiary/aromatic N) is 3. The molecule has 0 amide bonds. The zero-order valence-electron chi connectivity index (χ0n) is 20.3. The van der Waals surface area contributed by atoms with Crippen molar-refractivity contribution in [2.24, 2.45) is 0 Å². The largest absolute Gasteiger partial charge is 0.478 e. The molecule has 2 atom stereocenters. The number of nitriles is 1. The summed E-state index contributed by atoms with van der Waals surface area (Å²) in [4.78, 5) is 37.7. The number of carboxylic acids is 1. The third-order valence-corrected chi connectivity index (χ3v) is 6.53. The Kier molecular flexibility index (Phi) is 7.36. The van der Waals surface area contributed by atoms with E-state index in [0.29, 0.717) is 6.42 Å². The van der Waals surface area contributed by atoms with Crippen LogP contribution in [-0.4, -0.2) is 59.3 Å². The summed E-state index contributed by atoms with van der Waals surface area (Å²) in [6.45, 7) is 2.66. The number of epoxide rings is 1. The Morgan fingerprint density at radius 1 is 1.24 bits per heavy atom.